The number of piperidine rings is 1. The van der Waals surface area contributed by atoms with Gasteiger partial charge < -0.3 is 4.90 Å². The molecule has 1 aromatic rings. The van der Waals surface area contributed by atoms with Gasteiger partial charge in [0.25, 0.3) is 0 Å². The van der Waals surface area contributed by atoms with Gasteiger partial charge >= 0.3 is 0 Å². The lowest BCUT2D eigenvalue weighted by Crippen LogP contribution is -2.37. The second kappa shape index (κ2) is 8.37. The van der Waals surface area contributed by atoms with E-state index in [4.69, 9.17) is 0 Å². The number of benzene rings is 1. The van der Waals surface area contributed by atoms with Crippen molar-refractivity contribution in [2.45, 2.75) is 70.8 Å². The van der Waals surface area contributed by atoms with Gasteiger partial charge in [-0.25, -0.2) is 0 Å². The van der Waals surface area contributed by atoms with Crippen LogP contribution in [0.25, 0.3) is 6.08 Å². The molecule has 1 heterocycles. The molecule has 1 aliphatic carbocycles. The number of nitrogens with zero attached hydrogens (tertiary/aromatic N) is 1. The van der Waals surface area contributed by atoms with Crippen LogP contribution in [0.4, 0.5) is 0 Å². The van der Waals surface area contributed by atoms with Gasteiger partial charge in [0.1, 0.15) is 0 Å². The maximum Gasteiger partial charge on any atom is 0.0287 e. The van der Waals surface area contributed by atoms with Gasteiger partial charge in [-0.1, -0.05) is 60.2 Å². The average Bonchev–Trinajstić information content (AvgIpc) is 2.58. The van der Waals surface area contributed by atoms with Crippen LogP contribution in [0.15, 0.2) is 28.9 Å². The van der Waals surface area contributed by atoms with Crippen molar-refractivity contribution < 1.29 is 0 Å². The molecule has 0 amide bonds. The lowest BCUT2D eigenvalue weighted by Gasteiger charge is -2.38. The number of likely N-dealkylation sites (tertiary alicyclic amines) is 1. The van der Waals surface area contributed by atoms with E-state index in [1.165, 1.54) is 79.9 Å². The Morgan fingerprint density at radius 3 is 2.70 bits per heavy atom. The molecule has 3 rings (SSSR count). The van der Waals surface area contributed by atoms with Crippen LogP contribution in [0.3, 0.4) is 0 Å². The van der Waals surface area contributed by atoms with Crippen molar-refractivity contribution >= 4 is 22.0 Å². The number of hydrogen-bond acceptors (Lipinski definition) is 1. The minimum atomic E-state index is 0.774. The third kappa shape index (κ3) is 4.62. The molecule has 0 bridgehead atoms. The van der Waals surface area contributed by atoms with Crippen LogP contribution in [0.5, 0.6) is 0 Å². The predicted molar refractivity (Wildman–Crippen MR) is 103 cm³/mol. The lowest BCUT2D eigenvalue weighted by molar-refractivity contribution is 0.167. The van der Waals surface area contributed by atoms with Crippen molar-refractivity contribution in [2.24, 2.45) is 5.92 Å². The highest BCUT2D eigenvalue weighted by Gasteiger charge is 2.24. The molecule has 0 spiro atoms. The van der Waals surface area contributed by atoms with Gasteiger partial charge in [0.15, 0.2) is 0 Å². The van der Waals surface area contributed by atoms with Crippen LogP contribution in [-0.2, 0) is 0 Å². The fraction of sp³-hybridized carbons (Fsp3) is 0.619. The molecule has 1 aromatic carbocycles. The largest absolute Gasteiger partial charge is 0.374 e. The lowest BCUT2D eigenvalue weighted by atomic mass is 9.82. The van der Waals surface area contributed by atoms with Gasteiger partial charge in [0.2, 0.25) is 0 Å². The van der Waals surface area contributed by atoms with Crippen molar-refractivity contribution in [2.75, 3.05) is 6.54 Å². The Labute approximate surface area is 150 Å². The standard InChI is InChI=1S/C21H30BrN/c1-17-19(10-7-12-21(17)22)13-15-23-14-6-5-11-20(23)16-18-8-3-2-4-9-18/h7,10,12-13,15,18,20H,2-6,8-9,11,14,16H2,1H3. The summed E-state index contributed by atoms with van der Waals surface area (Å²) in [5, 5.41) is 0. The second-order valence-corrected chi connectivity index (χ2v) is 8.25. The predicted octanol–water partition coefficient (Wildman–Crippen LogP) is 6.55. The van der Waals surface area contributed by atoms with Crippen molar-refractivity contribution in [1.82, 2.24) is 4.90 Å². The van der Waals surface area contributed by atoms with E-state index in [2.05, 4.69) is 58.2 Å². The van der Waals surface area contributed by atoms with E-state index in [1.54, 1.807) is 0 Å². The molecule has 1 atom stereocenters. The van der Waals surface area contributed by atoms with Crippen molar-refractivity contribution in [1.29, 1.82) is 0 Å². The van der Waals surface area contributed by atoms with Crippen LogP contribution in [-0.4, -0.2) is 17.5 Å². The zero-order valence-electron chi connectivity index (χ0n) is 14.4. The molecule has 23 heavy (non-hydrogen) atoms. The summed E-state index contributed by atoms with van der Waals surface area (Å²) in [6.45, 7) is 3.43. The molecule has 0 N–H and O–H groups in total. The highest BCUT2D eigenvalue weighted by molar-refractivity contribution is 9.10. The number of hydrogen-bond donors (Lipinski definition) is 0. The highest BCUT2D eigenvalue weighted by Crippen LogP contribution is 2.32. The minimum Gasteiger partial charge on any atom is -0.374 e. The molecule has 0 aromatic heterocycles. The molecule has 2 fully saturated rings. The minimum absolute atomic E-state index is 0.774. The Kier molecular flexibility index (Phi) is 6.21. The fourth-order valence-corrected chi connectivity index (χ4v) is 4.64. The Morgan fingerprint density at radius 2 is 1.87 bits per heavy atom. The molecule has 0 radical (unpaired) electrons. The van der Waals surface area contributed by atoms with Crippen molar-refractivity contribution in [3.8, 4) is 0 Å². The van der Waals surface area contributed by atoms with Crippen LogP contribution in [0.1, 0.15) is 68.9 Å². The van der Waals surface area contributed by atoms with Gasteiger partial charge in [-0.15, -0.1) is 0 Å². The molecular formula is C21H30BrN. The Hall–Kier alpha value is -0.760. The maximum absolute atomic E-state index is 3.64. The van der Waals surface area contributed by atoms with E-state index < -0.39 is 0 Å². The van der Waals surface area contributed by atoms with Crippen LogP contribution in [0.2, 0.25) is 0 Å². The van der Waals surface area contributed by atoms with Crippen molar-refractivity contribution in [3.05, 3.63) is 40.0 Å². The molecule has 2 heteroatoms. The SMILES string of the molecule is Cc1c(Br)cccc1C=CN1CCCCC1CC1CCCCC1. The molecule has 1 saturated carbocycles. The topological polar surface area (TPSA) is 3.24 Å². The van der Waals surface area contributed by atoms with Crippen LogP contribution in [0, 0.1) is 12.8 Å². The number of rotatable bonds is 4. The second-order valence-electron chi connectivity index (χ2n) is 7.40. The number of halogens is 1. The van der Waals surface area contributed by atoms with E-state index in [1.807, 2.05) is 0 Å². The van der Waals surface area contributed by atoms with E-state index in [9.17, 15) is 0 Å². The summed E-state index contributed by atoms with van der Waals surface area (Å²) in [5.74, 6) is 0.982. The first-order chi connectivity index (χ1) is 11.2. The first-order valence-corrected chi connectivity index (χ1v) is 10.2. The summed E-state index contributed by atoms with van der Waals surface area (Å²) in [4.78, 5) is 2.64. The zero-order chi connectivity index (χ0) is 16.1. The quantitative estimate of drug-likeness (QED) is 0.576. The average molecular weight is 376 g/mol. The van der Waals surface area contributed by atoms with Crippen LogP contribution < -0.4 is 0 Å². The maximum atomic E-state index is 3.64. The van der Waals surface area contributed by atoms with Gasteiger partial charge in [0, 0.05) is 17.1 Å². The van der Waals surface area contributed by atoms with Gasteiger partial charge in [-0.3, -0.25) is 0 Å². The van der Waals surface area contributed by atoms with E-state index >= 15 is 0 Å². The third-order valence-electron chi connectivity index (χ3n) is 5.76. The Morgan fingerprint density at radius 1 is 1.09 bits per heavy atom. The zero-order valence-corrected chi connectivity index (χ0v) is 16.0. The third-order valence-corrected chi connectivity index (χ3v) is 6.62. The highest BCUT2D eigenvalue weighted by atomic mass is 79.9. The Bertz CT molecular complexity index is 531. The van der Waals surface area contributed by atoms with Gasteiger partial charge in [-0.2, -0.15) is 0 Å². The Balaban J connectivity index is 1.66. The van der Waals surface area contributed by atoms with Gasteiger partial charge in [-0.05, 0) is 68.0 Å². The van der Waals surface area contributed by atoms with E-state index in [0.717, 1.165) is 12.0 Å². The van der Waals surface area contributed by atoms with Crippen LogP contribution >= 0.6 is 15.9 Å². The first-order valence-electron chi connectivity index (χ1n) is 9.43. The smallest absolute Gasteiger partial charge is 0.0287 e. The molecule has 126 valence electrons. The van der Waals surface area contributed by atoms with Crippen molar-refractivity contribution in [3.63, 3.8) is 0 Å². The summed E-state index contributed by atoms with van der Waals surface area (Å²) < 4.78 is 1.21. The fourth-order valence-electron chi connectivity index (χ4n) is 4.26. The molecule has 2 aliphatic rings. The summed E-state index contributed by atoms with van der Waals surface area (Å²) in [7, 11) is 0. The van der Waals surface area contributed by atoms with E-state index in [0.29, 0.717) is 0 Å². The molecule has 1 unspecified atom stereocenters. The summed E-state index contributed by atoms with van der Waals surface area (Å²) in [5.41, 5.74) is 2.67. The molecule has 1 saturated heterocycles. The van der Waals surface area contributed by atoms with E-state index in [-0.39, 0.29) is 0 Å². The monoisotopic (exact) mass is 375 g/mol. The van der Waals surface area contributed by atoms with Gasteiger partial charge in [0.05, 0.1) is 0 Å². The summed E-state index contributed by atoms with van der Waals surface area (Å²) >= 11 is 3.64. The molecule has 1 nitrogen and oxygen atoms in total. The molecule has 1 aliphatic heterocycles. The summed E-state index contributed by atoms with van der Waals surface area (Å²) in [6, 6.07) is 7.25. The molecular weight excluding hydrogens is 346 g/mol. The first kappa shape index (κ1) is 17.1. The summed E-state index contributed by atoms with van der Waals surface area (Å²) in [6.07, 6.45) is 17.6. The normalized spacial score (nSPS) is 23.6.